The Morgan fingerprint density at radius 1 is 1.45 bits per heavy atom. The first-order chi connectivity index (χ1) is 9.52. The molecule has 1 heterocycles. The number of nitrogens with two attached hydrogens (primary N) is 1. The van der Waals surface area contributed by atoms with Crippen molar-refractivity contribution in [3.05, 3.63) is 22.7 Å². The molecule has 0 amide bonds. The van der Waals surface area contributed by atoms with Gasteiger partial charge in [0.15, 0.2) is 0 Å². The summed E-state index contributed by atoms with van der Waals surface area (Å²) in [5.41, 5.74) is 7.50. The van der Waals surface area contributed by atoms with Crippen molar-refractivity contribution in [3.8, 4) is 0 Å². The van der Waals surface area contributed by atoms with Gasteiger partial charge in [-0.2, -0.15) is 0 Å². The standard InChI is InChI=1S/C15H21ClN2O2/c1-3-20-15(19)12-8-11(17)9-13(16)14(12)18-6-4-10(2)5-7-18/h8-10H,3-7,17H2,1-2H3. The molecule has 0 aliphatic carbocycles. The number of nitrogens with zero attached hydrogens (tertiary/aromatic N) is 1. The van der Waals surface area contributed by atoms with Crippen molar-refractivity contribution in [1.29, 1.82) is 0 Å². The number of piperidine rings is 1. The number of hydrogen-bond donors (Lipinski definition) is 1. The van der Waals surface area contributed by atoms with E-state index in [0.29, 0.717) is 28.8 Å². The predicted octanol–water partition coefficient (Wildman–Crippen LogP) is 3.34. The molecule has 4 nitrogen and oxygen atoms in total. The van der Waals surface area contributed by atoms with Crippen molar-refractivity contribution in [2.75, 3.05) is 30.3 Å². The van der Waals surface area contributed by atoms with Crippen molar-refractivity contribution in [2.24, 2.45) is 5.92 Å². The third kappa shape index (κ3) is 3.18. The van der Waals surface area contributed by atoms with Crippen LogP contribution in [0.25, 0.3) is 0 Å². The number of hydrogen-bond acceptors (Lipinski definition) is 4. The van der Waals surface area contributed by atoms with Crippen LogP contribution in [0.3, 0.4) is 0 Å². The first kappa shape index (κ1) is 15.0. The fourth-order valence-electron chi connectivity index (χ4n) is 2.54. The number of carbonyl (C=O) groups is 1. The number of anilines is 2. The molecule has 0 unspecified atom stereocenters. The average Bonchev–Trinajstić information content (AvgIpc) is 2.39. The zero-order valence-electron chi connectivity index (χ0n) is 12.0. The first-order valence-corrected chi connectivity index (χ1v) is 7.41. The lowest BCUT2D eigenvalue weighted by molar-refractivity contribution is 0.0527. The molecule has 1 fully saturated rings. The number of ether oxygens (including phenoxy) is 1. The Balaban J connectivity index is 2.37. The molecule has 110 valence electrons. The zero-order valence-corrected chi connectivity index (χ0v) is 12.7. The molecule has 1 aromatic rings. The van der Waals surface area contributed by atoms with E-state index in [0.717, 1.165) is 31.6 Å². The molecule has 0 aromatic heterocycles. The number of halogens is 1. The minimum atomic E-state index is -0.365. The van der Waals surface area contributed by atoms with Crippen LogP contribution >= 0.6 is 11.6 Å². The number of nitrogen functional groups attached to an aromatic ring is 1. The predicted molar refractivity (Wildman–Crippen MR) is 82.4 cm³/mol. The Hall–Kier alpha value is -1.42. The Morgan fingerprint density at radius 3 is 2.70 bits per heavy atom. The van der Waals surface area contributed by atoms with Gasteiger partial charge in [-0.3, -0.25) is 0 Å². The van der Waals surface area contributed by atoms with E-state index in [9.17, 15) is 4.79 Å². The molecule has 1 aliphatic rings. The van der Waals surface area contributed by atoms with Gasteiger partial charge in [-0.1, -0.05) is 18.5 Å². The van der Waals surface area contributed by atoms with Gasteiger partial charge in [0.05, 0.1) is 22.9 Å². The summed E-state index contributed by atoms with van der Waals surface area (Å²) in [4.78, 5) is 14.3. The molecule has 2 N–H and O–H groups in total. The second-order valence-corrected chi connectivity index (χ2v) is 5.70. The topological polar surface area (TPSA) is 55.6 Å². The molecule has 5 heteroatoms. The number of benzene rings is 1. The van der Waals surface area contributed by atoms with Crippen LogP contribution in [0.15, 0.2) is 12.1 Å². The van der Waals surface area contributed by atoms with Crippen molar-refractivity contribution in [2.45, 2.75) is 26.7 Å². The van der Waals surface area contributed by atoms with Gasteiger partial charge in [-0.15, -0.1) is 0 Å². The van der Waals surface area contributed by atoms with Crippen LogP contribution in [0.5, 0.6) is 0 Å². The van der Waals surface area contributed by atoms with E-state index in [2.05, 4.69) is 11.8 Å². The molecule has 1 aliphatic heterocycles. The molecule has 0 radical (unpaired) electrons. The van der Waals surface area contributed by atoms with Crippen LogP contribution in [0.4, 0.5) is 11.4 Å². The fraction of sp³-hybridized carbons (Fsp3) is 0.533. The zero-order chi connectivity index (χ0) is 14.7. The molecular formula is C15H21ClN2O2. The van der Waals surface area contributed by atoms with Gasteiger partial charge in [0.25, 0.3) is 0 Å². The van der Waals surface area contributed by atoms with Gasteiger partial charge in [0.2, 0.25) is 0 Å². The summed E-state index contributed by atoms with van der Waals surface area (Å²) in [7, 11) is 0. The van der Waals surface area contributed by atoms with Crippen molar-refractivity contribution >= 4 is 28.9 Å². The first-order valence-electron chi connectivity index (χ1n) is 7.04. The largest absolute Gasteiger partial charge is 0.462 e. The number of rotatable bonds is 3. The summed E-state index contributed by atoms with van der Waals surface area (Å²) in [5.74, 6) is 0.347. The van der Waals surface area contributed by atoms with E-state index < -0.39 is 0 Å². The van der Waals surface area contributed by atoms with E-state index in [1.54, 1.807) is 19.1 Å². The monoisotopic (exact) mass is 296 g/mol. The highest BCUT2D eigenvalue weighted by molar-refractivity contribution is 6.34. The maximum absolute atomic E-state index is 12.1. The molecule has 1 saturated heterocycles. The molecule has 0 saturated carbocycles. The second kappa shape index (κ2) is 6.35. The molecule has 20 heavy (non-hydrogen) atoms. The van der Waals surface area contributed by atoms with Crippen LogP contribution in [-0.2, 0) is 4.74 Å². The van der Waals surface area contributed by atoms with Crippen LogP contribution < -0.4 is 10.6 Å². The molecule has 1 aromatic carbocycles. The lowest BCUT2D eigenvalue weighted by Crippen LogP contribution is -2.34. The van der Waals surface area contributed by atoms with E-state index in [1.165, 1.54) is 0 Å². The van der Waals surface area contributed by atoms with Crippen LogP contribution in [-0.4, -0.2) is 25.7 Å². The Kier molecular flexibility index (Phi) is 4.76. The summed E-state index contributed by atoms with van der Waals surface area (Å²) in [6, 6.07) is 3.34. The number of carbonyl (C=O) groups excluding carboxylic acids is 1. The summed E-state index contributed by atoms with van der Waals surface area (Å²) in [6.07, 6.45) is 2.20. The SMILES string of the molecule is CCOC(=O)c1cc(N)cc(Cl)c1N1CCC(C)CC1. The molecule has 0 bridgehead atoms. The van der Waals surface area contributed by atoms with E-state index >= 15 is 0 Å². The van der Waals surface area contributed by atoms with Gasteiger partial charge in [-0.05, 0) is 37.8 Å². The van der Waals surface area contributed by atoms with Crippen molar-refractivity contribution in [3.63, 3.8) is 0 Å². The highest BCUT2D eigenvalue weighted by atomic mass is 35.5. The fourth-order valence-corrected chi connectivity index (χ4v) is 2.89. The minimum Gasteiger partial charge on any atom is -0.462 e. The van der Waals surface area contributed by atoms with Crippen LogP contribution in [0.1, 0.15) is 37.0 Å². The quantitative estimate of drug-likeness (QED) is 0.686. The maximum atomic E-state index is 12.1. The Morgan fingerprint density at radius 2 is 2.10 bits per heavy atom. The lowest BCUT2D eigenvalue weighted by Gasteiger charge is -2.33. The summed E-state index contributed by atoms with van der Waals surface area (Å²) >= 11 is 6.32. The molecule has 2 rings (SSSR count). The summed E-state index contributed by atoms with van der Waals surface area (Å²) in [5, 5.41) is 0.516. The van der Waals surface area contributed by atoms with Crippen LogP contribution in [0.2, 0.25) is 5.02 Å². The highest BCUT2D eigenvalue weighted by Crippen LogP contribution is 2.35. The molecular weight excluding hydrogens is 276 g/mol. The van der Waals surface area contributed by atoms with Crippen LogP contribution in [0, 0.1) is 5.92 Å². The van der Waals surface area contributed by atoms with Gasteiger partial charge in [-0.25, -0.2) is 4.79 Å². The number of esters is 1. The van der Waals surface area contributed by atoms with Gasteiger partial charge < -0.3 is 15.4 Å². The maximum Gasteiger partial charge on any atom is 0.340 e. The normalized spacial score (nSPS) is 16.2. The Labute approximate surface area is 124 Å². The van der Waals surface area contributed by atoms with E-state index in [-0.39, 0.29) is 5.97 Å². The van der Waals surface area contributed by atoms with Crippen molar-refractivity contribution in [1.82, 2.24) is 0 Å². The lowest BCUT2D eigenvalue weighted by atomic mass is 9.98. The minimum absolute atomic E-state index is 0.335. The van der Waals surface area contributed by atoms with Crippen molar-refractivity contribution < 1.29 is 9.53 Å². The van der Waals surface area contributed by atoms with Gasteiger partial charge >= 0.3 is 5.97 Å². The van der Waals surface area contributed by atoms with Gasteiger partial charge in [0.1, 0.15) is 0 Å². The Bertz CT molecular complexity index is 497. The summed E-state index contributed by atoms with van der Waals surface area (Å²) in [6.45, 7) is 6.17. The molecule has 0 atom stereocenters. The smallest absolute Gasteiger partial charge is 0.340 e. The summed E-state index contributed by atoms with van der Waals surface area (Å²) < 4.78 is 5.11. The second-order valence-electron chi connectivity index (χ2n) is 5.29. The highest BCUT2D eigenvalue weighted by Gasteiger charge is 2.24. The van der Waals surface area contributed by atoms with E-state index in [4.69, 9.17) is 22.1 Å². The van der Waals surface area contributed by atoms with Gasteiger partial charge in [0, 0.05) is 18.8 Å². The third-order valence-corrected chi connectivity index (χ3v) is 3.97. The third-order valence-electron chi connectivity index (χ3n) is 3.68. The average molecular weight is 297 g/mol. The van der Waals surface area contributed by atoms with E-state index in [1.807, 2.05) is 0 Å². The molecule has 0 spiro atoms.